The molecular formula is C30H44F3N3O11. The van der Waals surface area contributed by atoms with Crippen LogP contribution in [0.3, 0.4) is 0 Å². The number of carbonyl (C=O) groups is 4. The minimum absolute atomic E-state index is 0.0570. The number of carbonyl (C=O) groups excluding carboxylic acids is 3. The van der Waals surface area contributed by atoms with Crippen molar-refractivity contribution in [1.29, 1.82) is 0 Å². The highest BCUT2D eigenvalue weighted by molar-refractivity contribution is 5.73. The molecule has 0 bridgehead atoms. The average Bonchev–Trinajstić information content (AvgIpc) is 3.22. The van der Waals surface area contributed by atoms with Gasteiger partial charge >= 0.3 is 30.5 Å². The molecule has 3 N–H and O–H groups in total. The lowest BCUT2D eigenvalue weighted by molar-refractivity contribution is -0.192. The lowest BCUT2D eigenvalue weighted by Crippen LogP contribution is -2.53. The first-order valence-electron chi connectivity index (χ1n) is 14.7. The van der Waals surface area contributed by atoms with E-state index in [9.17, 15) is 32.7 Å². The van der Waals surface area contributed by atoms with Crippen LogP contribution >= 0.6 is 0 Å². The number of carboxylic acids is 1. The molecule has 266 valence electrons. The zero-order valence-corrected chi connectivity index (χ0v) is 27.5. The number of halogens is 3. The molecule has 3 atom stereocenters. The summed E-state index contributed by atoms with van der Waals surface area (Å²) in [4.78, 5) is 51.1. The first kappa shape index (κ1) is 39.2. The van der Waals surface area contributed by atoms with E-state index >= 15 is 0 Å². The van der Waals surface area contributed by atoms with E-state index in [1.807, 2.05) is 17.0 Å². The third-order valence-electron chi connectivity index (χ3n) is 6.51. The van der Waals surface area contributed by atoms with Crippen LogP contribution < -0.4 is 10.1 Å². The Kier molecular flexibility index (Phi) is 13.5. The number of aliphatic carboxylic acids is 1. The van der Waals surface area contributed by atoms with Gasteiger partial charge in [-0.2, -0.15) is 13.2 Å². The number of aliphatic hydroxyl groups is 1. The van der Waals surface area contributed by atoms with Crippen LogP contribution in [-0.4, -0.2) is 126 Å². The van der Waals surface area contributed by atoms with E-state index in [1.165, 1.54) is 4.90 Å². The highest BCUT2D eigenvalue weighted by Crippen LogP contribution is 2.30. The summed E-state index contributed by atoms with van der Waals surface area (Å²) in [6.45, 7) is 12.3. The van der Waals surface area contributed by atoms with E-state index in [-0.39, 0.29) is 12.6 Å². The maximum absolute atomic E-state index is 13.3. The molecule has 0 radical (unpaired) electrons. The van der Waals surface area contributed by atoms with Gasteiger partial charge in [0, 0.05) is 26.2 Å². The predicted molar refractivity (Wildman–Crippen MR) is 159 cm³/mol. The summed E-state index contributed by atoms with van der Waals surface area (Å²) in [6, 6.07) is 6.60. The van der Waals surface area contributed by atoms with Crippen molar-refractivity contribution >= 4 is 24.3 Å². The maximum Gasteiger partial charge on any atom is 0.509 e. The number of hydrogen-bond acceptors (Lipinski definition) is 11. The topological polar surface area (TPSA) is 173 Å². The first-order valence-corrected chi connectivity index (χ1v) is 14.7. The van der Waals surface area contributed by atoms with Crippen molar-refractivity contribution in [2.75, 3.05) is 39.8 Å². The molecular weight excluding hydrogens is 635 g/mol. The number of nitrogens with one attached hydrogen (secondary N) is 1. The Bertz CT molecular complexity index is 1210. The van der Waals surface area contributed by atoms with Crippen LogP contribution in [0.15, 0.2) is 24.3 Å². The first-order chi connectivity index (χ1) is 21.6. The molecule has 0 unspecified atom stereocenters. The second-order valence-corrected chi connectivity index (χ2v) is 12.9. The molecule has 0 aliphatic carbocycles. The summed E-state index contributed by atoms with van der Waals surface area (Å²) in [5.41, 5.74) is -0.729. The fourth-order valence-corrected chi connectivity index (χ4v) is 4.48. The maximum atomic E-state index is 13.3. The van der Waals surface area contributed by atoms with Gasteiger partial charge in [-0.15, -0.1) is 0 Å². The lowest BCUT2D eigenvalue weighted by atomic mass is 10.0. The molecule has 2 aliphatic rings. The zero-order valence-electron chi connectivity index (χ0n) is 27.5. The molecule has 2 fully saturated rings. The number of ether oxygens (including phenoxy) is 5. The van der Waals surface area contributed by atoms with Gasteiger partial charge < -0.3 is 39.2 Å². The second kappa shape index (κ2) is 16.2. The fraction of sp³-hybridized carbons (Fsp3) is 0.667. The monoisotopic (exact) mass is 679 g/mol. The second-order valence-electron chi connectivity index (χ2n) is 12.9. The van der Waals surface area contributed by atoms with Gasteiger partial charge in [0.25, 0.3) is 0 Å². The number of amides is 2. The number of nitrogens with zero attached hydrogens (tertiary/aromatic N) is 2. The third kappa shape index (κ3) is 13.7. The molecule has 2 saturated heterocycles. The Morgan fingerprint density at radius 3 is 1.94 bits per heavy atom. The molecule has 14 nitrogen and oxygen atoms in total. The number of hydrogen-bond donors (Lipinski definition) is 3. The van der Waals surface area contributed by atoms with Crippen LogP contribution in [0.4, 0.5) is 27.6 Å². The van der Waals surface area contributed by atoms with E-state index in [4.69, 9.17) is 33.6 Å². The Morgan fingerprint density at radius 1 is 0.915 bits per heavy atom. The van der Waals surface area contributed by atoms with Crippen molar-refractivity contribution in [2.45, 2.75) is 89.7 Å². The van der Waals surface area contributed by atoms with Crippen molar-refractivity contribution in [3.05, 3.63) is 29.8 Å². The number of alkyl carbamates (subject to hydrolysis) is 1. The van der Waals surface area contributed by atoms with Gasteiger partial charge in [0.15, 0.2) is 12.2 Å². The summed E-state index contributed by atoms with van der Waals surface area (Å²) in [5, 5.41) is 19.3. The fourth-order valence-electron chi connectivity index (χ4n) is 4.48. The SMILES string of the molecule is COc1ccc(C[C@@H]2[C@H](OC(=O)NCCN3CC(O)C3)[C@@H](OC(=O)OC(C)(C)C)CN2C(=O)OC(C)(C)C)cc1.O=C(O)C(F)(F)F. The molecule has 1 aromatic carbocycles. The molecule has 3 rings (SSSR count). The number of benzene rings is 1. The Morgan fingerprint density at radius 2 is 1.47 bits per heavy atom. The molecule has 1 aromatic rings. The van der Waals surface area contributed by atoms with Crippen LogP contribution in [0.25, 0.3) is 0 Å². The summed E-state index contributed by atoms with van der Waals surface area (Å²) in [6.07, 6.45) is -9.40. The van der Waals surface area contributed by atoms with Crippen LogP contribution in [0, 0.1) is 0 Å². The number of carboxylic acid groups (broad SMARTS) is 1. The quantitative estimate of drug-likeness (QED) is 0.270. The Hall–Kier alpha value is -3.99. The highest BCUT2D eigenvalue weighted by Gasteiger charge is 2.50. The van der Waals surface area contributed by atoms with Gasteiger partial charge in [-0.25, -0.2) is 19.2 Å². The number of likely N-dealkylation sites (tertiary alicyclic amines) is 2. The van der Waals surface area contributed by atoms with Gasteiger partial charge in [-0.3, -0.25) is 9.80 Å². The molecule has 0 spiro atoms. The highest BCUT2D eigenvalue weighted by atomic mass is 19.4. The Labute approximate surface area is 271 Å². The van der Waals surface area contributed by atoms with Crippen molar-refractivity contribution < 1.29 is 66.2 Å². The van der Waals surface area contributed by atoms with Crippen LogP contribution in [0.1, 0.15) is 47.1 Å². The summed E-state index contributed by atoms with van der Waals surface area (Å²) >= 11 is 0. The summed E-state index contributed by atoms with van der Waals surface area (Å²) < 4.78 is 59.4. The number of methoxy groups -OCH3 is 1. The largest absolute Gasteiger partial charge is 0.509 e. The van der Waals surface area contributed by atoms with Crippen LogP contribution in [0.2, 0.25) is 0 Å². The van der Waals surface area contributed by atoms with E-state index in [1.54, 1.807) is 60.8 Å². The normalized spacial score (nSPS) is 20.2. The number of aliphatic hydroxyl groups excluding tert-OH is 1. The molecule has 2 aliphatic heterocycles. The van der Waals surface area contributed by atoms with Crippen molar-refractivity contribution in [2.24, 2.45) is 0 Å². The average molecular weight is 680 g/mol. The molecule has 47 heavy (non-hydrogen) atoms. The zero-order chi connectivity index (χ0) is 35.7. The van der Waals surface area contributed by atoms with E-state index in [0.29, 0.717) is 38.3 Å². The van der Waals surface area contributed by atoms with Crippen molar-refractivity contribution in [3.8, 4) is 5.75 Å². The van der Waals surface area contributed by atoms with Crippen LogP contribution in [0.5, 0.6) is 5.75 Å². The summed E-state index contributed by atoms with van der Waals surface area (Å²) in [5.74, 6) is -2.08. The van der Waals surface area contributed by atoms with E-state index in [0.717, 1.165) is 5.56 Å². The van der Waals surface area contributed by atoms with Crippen molar-refractivity contribution in [1.82, 2.24) is 15.1 Å². The van der Waals surface area contributed by atoms with Gasteiger partial charge in [-0.05, 0) is 65.7 Å². The van der Waals surface area contributed by atoms with Gasteiger partial charge in [-0.1, -0.05) is 12.1 Å². The summed E-state index contributed by atoms with van der Waals surface area (Å²) in [7, 11) is 1.57. The van der Waals surface area contributed by atoms with Crippen molar-refractivity contribution in [3.63, 3.8) is 0 Å². The minimum Gasteiger partial charge on any atom is -0.497 e. The molecule has 0 aromatic heterocycles. The van der Waals surface area contributed by atoms with Gasteiger partial charge in [0.2, 0.25) is 0 Å². The number of alkyl halides is 3. The molecule has 0 saturated carbocycles. The predicted octanol–water partition coefficient (Wildman–Crippen LogP) is 3.58. The molecule has 2 amide bonds. The lowest BCUT2D eigenvalue weighted by Gasteiger charge is -2.35. The standard InChI is InChI=1S/C28H43N3O9.C2HF3O2/c1-27(2,3)39-25(34)31-17-22(37-26(35)40-28(4,5)6)23(21(31)14-18-8-10-20(36-7)11-9-18)38-24(33)29-12-13-30-15-19(32)16-30;3-2(4,5)1(6)7/h8-11,19,21-23,32H,12-17H2,1-7H3,(H,29,33);(H,6,7)/t21-,22+,23+;/m1./s1. The molecule has 2 heterocycles. The Balaban J connectivity index is 0.000000984. The van der Waals surface area contributed by atoms with E-state index in [2.05, 4.69) is 5.32 Å². The van der Waals surface area contributed by atoms with E-state index < -0.39 is 59.9 Å². The van der Waals surface area contributed by atoms with Gasteiger partial charge in [0.1, 0.15) is 17.0 Å². The molecule has 17 heteroatoms. The number of rotatable bonds is 8. The van der Waals surface area contributed by atoms with Gasteiger partial charge in [0.05, 0.1) is 25.8 Å². The third-order valence-corrected chi connectivity index (χ3v) is 6.51. The minimum atomic E-state index is -5.08. The smallest absolute Gasteiger partial charge is 0.497 e. The number of β-amino-alcohol motifs (C(OH)–C–C–N with tert-alkyl or cyclic N) is 1. The van der Waals surface area contributed by atoms with Crippen LogP contribution in [-0.2, 0) is 30.2 Å².